The molecule has 124 valence electrons. The first-order valence-corrected chi connectivity index (χ1v) is 9.12. The number of hydrogen-bond donors (Lipinski definition) is 2. The number of aryl methyl sites for hydroxylation is 1. The average Bonchev–Trinajstić information content (AvgIpc) is 2.57. The van der Waals surface area contributed by atoms with Gasteiger partial charge in [-0.05, 0) is 82.0 Å². The summed E-state index contributed by atoms with van der Waals surface area (Å²) in [6, 6.07) is 6.93. The quantitative estimate of drug-likeness (QED) is 0.650. The zero-order valence-corrected chi connectivity index (χ0v) is 14.5. The topological polar surface area (TPSA) is 27.3 Å². The molecular weight excluding hydrogens is 270 g/mol. The Bertz CT molecular complexity index is 427. The minimum atomic E-state index is 1.09. The molecule has 0 radical (unpaired) electrons. The van der Waals surface area contributed by atoms with Crippen LogP contribution in [0.5, 0.6) is 0 Å². The summed E-state index contributed by atoms with van der Waals surface area (Å²) in [7, 11) is 0. The molecule has 1 aliphatic heterocycles. The third kappa shape index (κ3) is 5.62. The molecule has 1 aliphatic rings. The average molecular weight is 303 g/mol. The van der Waals surface area contributed by atoms with E-state index in [0.717, 1.165) is 26.1 Å². The van der Waals surface area contributed by atoms with Crippen molar-refractivity contribution in [3.63, 3.8) is 0 Å². The molecule has 0 aromatic heterocycles. The van der Waals surface area contributed by atoms with Gasteiger partial charge < -0.3 is 15.5 Å². The van der Waals surface area contributed by atoms with Crippen LogP contribution >= 0.6 is 0 Å². The lowest BCUT2D eigenvalue weighted by atomic mass is 9.99. The Labute approximate surface area is 136 Å². The Morgan fingerprint density at radius 1 is 1.14 bits per heavy atom. The Balaban J connectivity index is 1.57. The molecule has 0 unspecified atom stereocenters. The molecule has 1 aromatic carbocycles. The van der Waals surface area contributed by atoms with E-state index in [2.05, 4.69) is 47.6 Å². The van der Waals surface area contributed by atoms with Gasteiger partial charge in [0.2, 0.25) is 0 Å². The van der Waals surface area contributed by atoms with Crippen molar-refractivity contribution in [2.24, 2.45) is 0 Å². The van der Waals surface area contributed by atoms with Crippen molar-refractivity contribution in [2.75, 3.05) is 44.6 Å². The maximum absolute atomic E-state index is 3.59. The van der Waals surface area contributed by atoms with Gasteiger partial charge >= 0.3 is 0 Å². The van der Waals surface area contributed by atoms with E-state index in [1.54, 1.807) is 0 Å². The van der Waals surface area contributed by atoms with E-state index in [4.69, 9.17) is 0 Å². The smallest absolute Gasteiger partial charge is 0.0372 e. The maximum atomic E-state index is 3.59. The molecule has 0 fully saturated rings. The molecule has 0 saturated heterocycles. The van der Waals surface area contributed by atoms with E-state index in [1.807, 2.05) is 0 Å². The van der Waals surface area contributed by atoms with E-state index in [-0.39, 0.29) is 0 Å². The molecule has 3 heteroatoms. The van der Waals surface area contributed by atoms with E-state index in [0.29, 0.717) is 0 Å². The van der Waals surface area contributed by atoms with E-state index >= 15 is 0 Å². The summed E-state index contributed by atoms with van der Waals surface area (Å²) < 4.78 is 0. The second-order valence-electron chi connectivity index (χ2n) is 6.26. The number of unbranched alkanes of at least 4 members (excludes halogenated alkanes) is 1. The van der Waals surface area contributed by atoms with Crippen LogP contribution in [0.3, 0.4) is 0 Å². The van der Waals surface area contributed by atoms with Crippen LogP contribution < -0.4 is 10.6 Å². The molecule has 2 N–H and O–H groups in total. The molecule has 0 atom stereocenters. The third-order valence-corrected chi connectivity index (χ3v) is 4.67. The van der Waals surface area contributed by atoms with Crippen LogP contribution in [0, 0.1) is 0 Å². The van der Waals surface area contributed by atoms with Crippen molar-refractivity contribution in [3.05, 3.63) is 29.3 Å². The van der Waals surface area contributed by atoms with Crippen LogP contribution in [-0.2, 0) is 12.8 Å². The molecule has 3 nitrogen and oxygen atoms in total. The van der Waals surface area contributed by atoms with Crippen LogP contribution in [0.2, 0.25) is 0 Å². The molecule has 1 aromatic rings. The fourth-order valence-corrected chi connectivity index (χ4v) is 3.17. The van der Waals surface area contributed by atoms with E-state index < -0.39 is 0 Å². The molecule has 2 rings (SSSR count). The van der Waals surface area contributed by atoms with Crippen molar-refractivity contribution in [1.29, 1.82) is 0 Å². The van der Waals surface area contributed by atoms with Crippen LogP contribution in [0.1, 0.15) is 44.2 Å². The van der Waals surface area contributed by atoms with Crippen LogP contribution in [0.15, 0.2) is 18.2 Å². The largest absolute Gasteiger partial charge is 0.385 e. The minimum absolute atomic E-state index is 1.09. The number of fused-ring (bicyclic) bond motifs is 1. The van der Waals surface area contributed by atoms with Gasteiger partial charge in [0.05, 0.1) is 0 Å². The molecule has 0 amide bonds. The second-order valence-corrected chi connectivity index (χ2v) is 6.26. The summed E-state index contributed by atoms with van der Waals surface area (Å²) in [5.41, 5.74) is 4.32. The van der Waals surface area contributed by atoms with Gasteiger partial charge in [0.25, 0.3) is 0 Å². The predicted octanol–water partition coefficient (Wildman–Crippen LogP) is 3.30. The highest BCUT2D eigenvalue weighted by Gasteiger charge is 2.08. The van der Waals surface area contributed by atoms with Crippen LogP contribution in [0.4, 0.5) is 5.69 Å². The molecule has 22 heavy (non-hydrogen) atoms. The molecule has 0 saturated carbocycles. The lowest BCUT2D eigenvalue weighted by Crippen LogP contribution is -2.25. The first-order valence-electron chi connectivity index (χ1n) is 9.12. The number of hydrogen-bond acceptors (Lipinski definition) is 3. The van der Waals surface area contributed by atoms with Crippen molar-refractivity contribution in [3.8, 4) is 0 Å². The van der Waals surface area contributed by atoms with E-state index in [9.17, 15) is 0 Å². The molecule has 1 heterocycles. The lowest BCUT2D eigenvalue weighted by molar-refractivity contribution is 0.296. The van der Waals surface area contributed by atoms with Gasteiger partial charge in [0.15, 0.2) is 0 Å². The van der Waals surface area contributed by atoms with Gasteiger partial charge in [0, 0.05) is 12.2 Å². The van der Waals surface area contributed by atoms with Crippen molar-refractivity contribution in [2.45, 2.75) is 46.0 Å². The van der Waals surface area contributed by atoms with Crippen LogP contribution in [0.25, 0.3) is 0 Å². The Morgan fingerprint density at radius 3 is 2.82 bits per heavy atom. The Kier molecular flexibility index (Phi) is 7.75. The summed E-state index contributed by atoms with van der Waals surface area (Å²) >= 11 is 0. The maximum Gasteiger partial charge on any atom is 0.0372 e. The number of nitrogens with zero attached hydrogens (tertiary/aromatic N) is 1. The van der Waals surface area contributed by atoms with Crippen molar-refractivity contribution in [1.82, 2.24) is 10.2 Å². The van der Waals surface area contributed by atoms with Crippen molar-refractivity contribution < 1.29 is 0 Å². The number of anilines is 1. The first-order chi connectivity index (χ1) is 10.8. The van der Waals surface area contributed by atoms with Gasteiger partial charge in [-0.25, -0.2) is 0 Å². The Hall–Kier alpha value is -1.06. The fraction of sp³-hybridized carbons (Fsp3) is 0.684. The van der Waals surface area contributed by atoms with E-state index in [1.165, 1.54) is 62.1 Å². The first kappa shape index (κ1) is 17.3. The van der Waals surface area contributed by atoms with Crippen molar-refractivity contribution >= 4 is 5.69 Å². The number of benzene rings is 1. The van der Waals surface area contributed by atoms with Gasteiger partial charge in [-0.15, -0.1) is 0 Å². The number of nitrogens with one attached hydrogen (secondary N) is 2. The highest BCUT2D eigenvalue weighted by atomic mass is 15.1. The van der Waals surface area contributed by atoms with Gasteiger partial charge in [-0.2, -0.15) is 0 Å². The summed E-state index contributed by atoms with van der Waals surface area (Å²) in [6.45, 7) is 11.5. The normalized spacial score (nSPS) is 14.0. The molecular formula is C19H33N3. The van der Waals surface area contributed by atoms with Gasteiger partial charge in [-0.1, -0.05) is 26.0 Å². The summed E-state index contributed by atoms with van der Waals surface area (Å²) in [4.78, 5) is 2.50. The highest BCUT2D eigenvalue weighted by molar-refractivity contribution is 5.54. The zero-order valence-electron chi connectivity index (χ0n) is 14.5. The standard InChI is InChI=1S/C19H33N3/c1-3-22(4-2)15-6-5-12-20-14-11-17-9-10-19-18(16-17)8-7-13-21-19/h9-10,16,20-21H,3-8,11-15H2,1-2H3. The second kappa shape index (κ2) is 9.86. The monoisotopic (exact) mass is 303 g/mol. The molecule has 0 spiro atoms. The van der Waals surface area contributed by atoms with Gasteiger partial charge in [-0.3, -0.25) is 0 Å². The summed E-state index contributed by atoms with van der Waals surface area (Å²) in [5, 5.41) is 7.07. The number of rotatable bonds is 10. The molecule has 0 aliphatic carbocycles. The third-order valence-electron chi connectivity index (χ3n) is 4.67. The minimum Gasteiger partial charge on any atom is -0.385 e. The van der Waals surface area contributed by atoms with Gasteiger partial charge in [0.1, 0.15) is 0 Å². The predicted molar refractivity (Wildman–Crippen MR) is 96.8 cm³/mol. The van der Waals surface area contributed by atoms with Crippen LogP contribution in [-0.4, -0.2) is 44.2 Å². The zero-order chi connectivity index (χ0) is 15.6. The summed E-state index contributed by atoms with van der Waals surface area (Å²) in [6.07, 6.45) is 6.23. The lowest BCUT2D eigenvalue weighted by Gasteiger charge is -2.19. The fourth-order valence-electron chi connectivity index (χ4n) is 3.17. The Morgan fingerprint density at radius 2 is 2.00 bits per heavy atom. The molecule has 0 bridgehead atoms. The highest BCUT2D eigenvalue weighted by Crippen LogP contribution is 2.22. The summed E-state index contributed by atoms with van der Waals surface area (Å²) in [5.74, 6) is 0. The SMILES string of the molecule is CCN(CC)CCCCNCCc1ccc2c(c1)CCCN2.